The molecule has 7 heteroatoms. The zero-order valence-electron chi connectivity index (χ0n) is 7.92. The molecule has 2 aromatic carbocycles. The second-order valence-electron chi connectivity index (χ2n) is 3.26. The van der Waals surface area contributed by atoms with Gasteiger partial charge in [0.05, 0.1) is 5.39 Å². The molecular weight excluding hydrogens is 245 g/mol. The van der Waals surface area contributed by atoms with Crippen molar-refractivity contribution in [3.8, 4) is 0 Å². The van der Waals surface area contributed by atoms with Gasteiger partial charge in [0, 0.05) is 11.5 Å². The molecule has 2 aromatic rings. The number of hydrogen-bond donors (Lipinski definition) is 0. The molecule has 0 nitrogen and oxygen atoms in total. The molecule has 0 aromatic heterocycles. The Kier molecular flexibility index (Phi) is 2.56. The van der Waals surface area contributed by atoms with Crippen LogP contribution in [0, 0.1) is 34.9 Å². The first-order valence-electron chi connectivity index (χ1n) is 4.25. The SMILES string of the molecule is [B]c1c(F)c(F)c(F)c2c(F)c(F)cc(F)c12. The zero-order chi connectivity index (χ0) is 12.9. The van der Waals surface area contributed by atoms with Gasteiger partial charge in [-0.1, -0.05) is 0 Å². The van der Waals surface area contributed by atoms with Crippen LogP contribution in [0.15, 0.2) is 6.07 Å². The number of hydrogen-bond acceptors (Lipinski definition) is 0. The van der Waals surface area contributed by atoms with Crippen molar-refractivity contribution >= 4 is 24.1 Å². The molecule has 0 saturated carbocycles. The zero-order valence-corrected chi connectivity index (χ0v) is 7.92. The lowest BCUT2D eigenvalue weighted by Crippen LogP contribution is -2.17. The predicted octanol–water partition coefficient (Wildman–Crippen LogP) is 2.47. The number of fused-ring (bicyclic) bond motifs is 1. The van der Waals surface area contributed by atoms with Crippen LogP contribution in [0.4, 0.5) is 26.3 Å². The summed E-state index contributed by atoms with van der Waals surface area (Å²) in [7, 11) is 5.00. The fourth-order valence-corrected chi connectivity index (χ4v) is 1.50. The number of benzene rings is 2. The summed E-state index contributed by atoms with van der Waals surface area (Å²) in [5.74, 6) is -11.0. The lowest BCUT2D eigenvalue weighted by Gasteiger charge is -2.09. The largest absolute Gasteiger partial charge is 0.206 e. The monoisotopic (exact) mass is 246 g/mol. The first kappa shape index (κ1) is 11.8. The second-order valence-corrected chi connectivity index (χ2v) is 3.26. The first-order chi connectivity index (χ1) is 7.86. The Morgan fingerprint density at radius 2 is 1.24 bits per heavy atom. The topological polar surface area (TPSA) is 0 Å². The van der Waals surface area contributed by atoms with Crippen LogP contribution in [0.3, 0.4) is 0 Å². The highest BCUT2D eigenvalue weighted by Crippen LogP contribution is 2.27. The van der Waals surface area contributed by atoms with Gasteiger partial charge >= 0.3 is 0 Å². The van der Waals surface area contributed by atoms with E-state index < -0.39 is 51.1 Å². The lowest BCUT2D eigenvalue weighted by atomic mass is 9.88. The Hall–Kier alpha value is -1.66. The molecule has 0 amide bonds. The minimum atomic E-state index is -2.08. The van der Waals surface area contributed by atoms with E-state index in [-0.39, 0.29) is 6.07 Å². The van der Waals surface area contributed by atoms with E-state index in [1.54, 1.807) is 0 Å². The van der Waals surface area contributed by atoms with Gasteiger partial charge in [0.15, 0.2) is 29.1 Å². The molecule has 0 bridgehead atoms. The predicted molar refractivity (Wildman–Crippen MR) is 49.1 cm³/mol. The maximum atomic E-state index is 13.2. The highest BCUT2D eigenvalue weighted by Gasteiger charge is 2.24. The summed E-state index contributed by atoms with van der Waals surface area (Å²) in [6.45, 7) is 0. The highest BCUT2D eigenvalue weighted by molar-refractivity contribution is 6.39. The van der Waals surface area contributed by atoms with Crippen molar-refractivity contribution in [1.82, 2.24) is 0 Å². The lowest BCUT2D eigenvalue weighted by molar-refractivity contribution is 0.449. The smallest absolute Gasteiger partial charge is 0.194 e. The van der Waals surface area contributed by atoms with Gasteiger partial charge in [-0.05, 0) is 5.46 Å². The summed E-state index contributed by atoms with van der Waals surface area (Å²) >= 11 is 0. The molecule has 0 aliphatic carbocycles. The Morgan fingerprint density at radius 1 is 0.647 bits per heavy atom. The van der Waals surface area contributed by atoms with E-state index in [4.69, 9.17) is 7.85 Å². The standard InChI is InChI=1S/C10HBF6/c11-6-4-2(12)1-3(13)7(14)5(4)8(15)10(17)9(6)16/h1H. The second kappa shape index (κ2) is 3.68. The average molecular weight is 246 g/mol. The van der Waals surface area contributed by atoms with Crippen LogP contribution in [-0.4, -0.2) is 7.85 Å². The van der Waals surface area contributed by atoms with Gasteiger partial charge in [0.2, 0.25) is 0 Å². The Labute approximate surface area is 92.3 Å². The van der Waals surface area contributed by atoms with Gasteiger partial charge in [0.25, 0.3) is 0 Å². The van der Waals surface area contributed by atoms with E-state index in [1.165, 1.54) is 0 Å². The third-order valence-electron chi connectivity index (χ3n) is 2.28. The van der Waals surface area contributed by atoms with Crippen molar-refractivity contribution in [3.05, 3.63) is 41.0 Å². The van der Waals surface area contributed by atoms with Crippen LogP contribution in [0.2, 0.25) is 0 Å². The molecule has 0 N–H and O–H groups in total. The van der Waals surface area contributed by atoms with Crippen molar-refractivity contribution in [3.63, 3.8) is 0 Å². The van der Waals surface area contributed by atoms with Gasteiger partial charge in [-0.15, -0.1) is 0 Å². The van der Waals surface area contributed by atoms with Gasteiger partial charge in [-0.25, -0.2) is 26.3 Å². The molecule has 2 radical (unpaired) electrons. The van der Waals surface area contributed by atoms with Crippen molar-refractivity contribution in [2.45, 2.75) is 0 Å². The summed E-state index contributed by atoms with van der Waals surface area (Å²) in [6, 6.07) is 0.0742. The normalized spacial score (nSPS) is 11.2. The molecule has 0 unspecified atom stereocenters. The van der Waals surface area contributed by atoms with Crippen LogP contribution in [-0.2, 0) is 0 Å². The Morgan fingerprint density at radius 3 is 1.82 bits per heavy atom. The fourth-order valence-electron chi connectivity index (χ4n) is 1.50. The van der Waals surface area contributed by atoms with E-state index >= 15 is 0 Å². The molecule has 0 aliphatic rings. The maximum Gasteiger partial charge on any atom is 0.194 e. The fraction of sp³-hybridized carbons (Fsp3) is 0. The third kappa shape index (κ3) is 1.49. The van der Waals surface area contributed by atoms with Crippen LogP contribution in [0.1, 0.15) is 0 Å². The van der Waals surface area contributed by atoms with Crippen molar-refractivity contribution < 1.29 is 26.3 Å². The molecular formula is C10HBF6. The van der Waals surface area contributed by atoms with Crippen LogP contribution >= 0.6 is 0 Å². The molecule has 0 saturated heterocycles. The molecule has 0 aliphatic heterocycles. The van der Waals surface area contributed by atoms with E-state index in [1.807, 2.05) is 0 Å². The summed E-state index contributed by atoms with van der Waals surface area (Å²) in [5, 5.41) is -2.38. The number of halogens is 6. The summed E-state index contributed by atoms with van der Waals surface area (Å²) < 4.78 is 78.4. The van der Waals surface area contributed by atoms with Gasteiger partial charge in [-0.3, -0.25) is 0 Å². The minimum absolute atomic E-state index is 0.0742. The van der Waals surface area contributed by atoms with Crippen molar-refractivity contribution in [2.75, 3.05) is 0 Å². The molecule has 0 fully saturated rings. The van der Waals surface area contributed by atoms with Crippen molar-refractivity contribution in [2.24, 2.45) is 0 Å². The maximum absolute atomic E-state index is 13.2. The number of rotatable bonds is 0. The van der Waals surface area contributed by atoms with Gasteiger partial charge in [0.1, 0.15) is 13.7 Å². The quantitative estimate of drug-likeness (QED) is 0.290. The summed E-state index contributed by atoms with van der Waals surface area (Å²) in [4.78, 5) is 0. The molecule has 17 heavy (non-hydrogen) atoms. The van der Waals surface area contributed by atoms with E-state index in [0.29, 0.717) is 0 Å². The van der Waals surface area contributed by atoms with Crippen LogP contribution in [0.25, 0.3) is 10.8 Å². The minimum Gasteiger partial charge on any atom is -0.206 e. The molecule has 0 atom stereocenters. The Bertz CT molecular complexity index is 637. The van der Waals surface area contributed by atoms with Crippen LogP contribution < -0.4 is 5.46 Å². The highest BCUT2D eigenvalue weighted by atomic mass is 19.2. The Balaban J connectivity index is 3.17. The summed E-state index contributed by atoms with van der Waals surface area (Å²) in [6.07, 6.45) is 0. The third-order valence-corrected chi connectivity index (χ3v) is 2.28. The van der Waals surface area contributed by atoms with Crippen LogP contribution in [0.5, 0.6) is 0 Å². The van der Waals surface area contributed by atoms with E-state index in [2.05, 4.69) is 0 Å². The van der Waals surface area contributed by atoms with Gasteiger partial charge < -0.3 is 0 Å². The van der Waals surface area contributed by atoms with E-state index in [9.17, 15) is 26.3 Å². The molecule has 2 rings (SSSR count). The molecule has 0 spiro atoms. The average Bonchev–Trinajstić information content (AvgIpc) is 2.28. The van der Waals surface area contributed by atoms with E-state index in [0.717, 1.165) is 0 Å². The van der Waals surface area contributed by atoms with Gasteiger partial charge in [-0.2, -0.15) is 0 Å². The first-order valence-corrected chi connectivity index (χ1v) is 4.25. The molecule has 86 valence electrons. The molecule has 0 heterocycles. The van der Waals surface area contributed by atoms with Crippen molar-refractivity contribution in [1.29, 1.82) is 0 Å². The summed E-state index contributed by atoms with van der Waals surface area (Å²) in [5.41, 5.74) is -1.12.